The average Bonchev–Trinajstić information content (AvgIpc) is 3.09. The van der Waals surface area contributed by atoms with Crippen LogP contribution in [0.4, 0.5) is 0 Å². The van der Waals surface area contributed by atoms with Gasteiger partial charge in [0.05, 0.1) is 6.04 Å². The van der Waals surface area contributed by atoms with E-state index < -0.39 is 6.04 Å². The second-order valence-corrected chi connectivity index (χ2v) is 6.39. The molecule has 1 unspecified atom stereocenters. The summed E-state index contributed by atoms with van der Waals surface area (Å²) < 4.78 is 0. The van der Waals surface area contributed by atoms with Gasteiger partial charge in [0.15, 0.2) is 0 Å². The molecule has 1 aromatic carbocycles. The van der Waals surface area contributed by atoms with Crippen LogP contribution in [0.15, 0.2) is 30.5 Å². The van der Waals surface area contributed by atoms with Gasteiger partial charge in [-0.05, 0) is 30.2 Å². The first-order chi connectivity index (χ1) is 9.74. The van der Waals surface area contributed by atoms with Gasteiger partial charge in [0, 0.05) is 28.9 Å². The van der Waals surface area contributed by atoms with Crippen molar-refractivity contribution in [3.05, 3.63) is 36.0 Å². The number of carbonyl (C=O) groups excluding carboxylic acids is 1. The van der Waals surface area contributed by atoms with E-state index >= 15 is 0 Å². The zero-order valence-corrected chi connectivity index (χ0v) is 12.1. The number of H-pyrrole nitrogens is 1. The molecular weight excluding hydrogens is 270 g/mol. The van der Waals surface area contributed by atoms with E-state index in [2.05, 4.69) is 16.4 Å². The molecule has 0 bridgehead atoms. The minimum absolute atomic E-state index is 0.0391. The van der Waals surface area contributed by atoms with Gasteiger partial charge in [-0.1, -0.05) is 18.2 Å². The van der Waals surface area contributed by atoms with Crippen LogP contribution in [0.3, 0.4) is 0 Å². The highest BCUT2D eigenvalue weighted by atomic mass is 32.2. The summed E-state index contributed by atoms with van der Waals surface area (Å²) in [6.07, 6.45) is 3.56. The zero-order chi connectivity index (χ0) is 13.9. The molecule has 0 spiro atoms. The van der Waals surface area contributed by atoms with Crippen LogP contribution >= 0.6 is 11.8 Å². The predicted octanol–water partition coefficient (Wildman–Crippen LogP) is 1.66. The first-order valence-corrected chi connectivity index (χ1v) is 8.08. The van der Waals surface area contributed by atoms with Gasteiger partial charge in [0.2, 0.25) is 5.91 Å². The largest absolute Gasteiger partial charge is 0.361 e. The Morgan fingerprint density at radius 1 is 1.50 bits per heavy atom. The number of hydrogen-bond acceptors (Lipinski definition) is 3. The fraction of sp³-hybridized carbons (Fsp3) is 0.400. The van der Waals surface area contributed by atoms with Crippen LogP contribution < -0.4 is 11.1 Å². The second kappa shape index (κ2) is 5.89. The van der Waals surface area contributed by atoms with Gasteiger partial charge in [-0.25, -0.2) is 0 Å². The van der Waals surface area contributed by atoms with Crippen LogP contribution in [-0.4, -0.2) is 34.5 Å². The normalized spacial score (nSPS) is 20.1. The van der Waals surface area contributed by atoms with Crippen molar-refractivity contribution < 1.29 is 4.79 Å². The molecule has 3 rings (SSSR count). The molecule has 4 N–H and O–H groups in total. The summed E-state index contributed by atoms with van der Waals surface area (Å²) in [6.45, 7) is 0. The molecule has 2 heterocycles. The van der Waals surface area contributed by atoms with Gasteiger partial charge in [0.25, 0.3) is 0 Å². The Labute approximate surface area is 122 Å². The minimum atomic E-state index is -0.486. The molecule has 1 fully saturated rings. The number of amides is 1. The van der Waals surface area contributed by atoms with Gasteiger partial charge in [-0.2, -0.15) is 11.8 Å². The van der Waals surface area contributed by atoms with Crippen molar-refractivity contribution in [2.45, 2.75) is 24.9 Å². The first kappa shape index (κ1) is 13.5. The van der Waals surface area contributed by atoms with Crippen LogP contribution in [0.5, 0.6) is 0 Å². The van der Waals surface area contributed by atoms with Crippen molar-refractivity contribution in [2.75, 3.05) is 11.5 Å². The Morgan fingerprint density at radius 2 is 2.35 bits per heavy atom. The van der Waals surface area contributed by atoms with E-state index in [1.165, 1.54) is 0 Å². The molecule has 0 saturated carbocycles. The van der Waals surface area contributed by atoms with Crippen molar-refractivity contribution in [3.8, 4) is 0 Å². The van der Waals surface area contributed by atoms with Crippen LogP contribution in [0.25, 0.3) is 10.9 Å². The topological polar surface area (TPSA) is 70.9 Å². The summed E-state index contributed by atoms with van der Waals surface area (Å²) in [4.78, 5) is 15.3. The molecule has 20 heavy (non-hydrogen) atoms. The first-order valence-electron chi connectivity index (χ1n) is 6.93. The molecule has 1 aliphatic heterocycles. The standard InChI is InChI=1S/C15H19N3OS/c16-13(15(19)18-11-5-6-20-9-11)7-10-8-17-14-4-2-1-3-12(10)14/h1-4,8,11,13,17H,5-7,9,16H2,(H,18,19)/t11?,13-/m0/s1. The molecule has 106 valence electrons. The van der Waals surface area contributed by atoms with Gasteiger partial charge < -0.3 is 16.0 Å². The van der Waals surface area contributed by atoms with E-state index in [0.717, 1.165) is 34.4 Å². The van der Waals surface area contributed by atoms with E-state index in [9.17, 15) is 4.79 Å². The summed E-state index contributed by atoms with van der Waals surface area (Å²) in [6, 6.07) is 7.88. The maximum absolute atomic E-state index is 12.1. The van der Waals surface area contributed by atoms with Crippen LogP contribution in [0, 0.1) is 0 Å². The highest BCUT2D eigenvalue weighted by molar-refractivity contribution is 7.99. The number of hydrogen-bond donors (Lipinski definition) is 3. The maximum atomic E-state index is 12.1. The van der Waals surface area contributed by atoms with E-state index in [1.54, 1.807) is 0 Å². The third kappa shape index (κ3) is 2.83. The summed E-state index contributed by atoms with van der Waals surface area (Å²) in [5, 5.41) is 4.19. The summed E-state index contributed by atoms with van der Waals surface area (Å²) in [5.41, 5.74) is 8.23. The molecule has 1 aromatic heterocycles. The number of nitrogens with one attached hydrogen (secondary N) is 2. The maximum Gasteiger partial charge on any atom is 0.237 e. The van der Waals surface area contributed by atoms with E-state index in [1.807, 2.05) is 36.2 Å². The van der Waals surface area contributed by atoms with E-state index in [0.29, 0.717) is 12.5 Å². The predicted molar refractivity (Wildman–Crippen MR) is 83.9 cm³/mol. The number of rotatable bonds is 4. The van der Waals surface area contributed by atoms with Gasteiger partial charge >= 0.3 is 0 Å². The van der Waals surface area contributed by atoms with Gasteiger partial charge in [0.1, 0.15) is 0 Å². The lowest BCUT2D eigenvalue weighted by molar-refractivity contribution is -0.122. The van der Waals surface area contributed by atoms with E-state index in [4.69, 9.17) is 5.73 Å². The molecule has 0 radical (unpaired) electrons. The summed E-state index contributed by atoms with van der Waals surface area (Å²) in [5.74, 6) is 2.09. The van der Waals surface area contributed by atoms with Crippen molar-refractivity contribution in [1.82, 2.24) is 10.3 Å². The Balaban J connectivity index is 1.65. The molecule has 4 nitrogen and oxygen atoms in total. The molecule has 2 atom stereocenters. The van der Waals surface area contributed by atoms with E-state index in [-0.39, 0.29) is 5.91 Å². The Bertz CT molecular complexity index is 604. The number of fused-ring (bicyclic) bond motifs is 1. The lowest BCUT2D eigenvalue weighted by atomic mass is 10.0. The fourth-order valence-electron chi connectivity index (χ4n) is 2.59. The monoisotopic (exact) mass is 289 g/mol. The average molecular weight is 289 g/mol. The number of nitrogens with two attached hydrogens (primary N) is 1. The highest BCUT2D eigenvalue weighted by Crippen LogP contribution is 2.19. The van der Waals surface area contributed by atoms with Crippen molar-refractivity contribution in [1.29, 1.82) is 0 Å². The quantitative estimate of drug-likeness (QED) is 0.801. The molecular formula is C15H19N3OS. The van der Waals surface area contributed by atoms with Gasteiger partial charge in [-0.15, -0.1) is 0 Å². The number of aromatic amines is 1. The number of benzene rings is 1. The van der Waals surface area contributed by atoms with Crippen LogP contribution in [0.2, 0.25) is 0 Å². The minimum Gasteiger partial charge on any atom is -0.361 e. The summed E-state index contributed by atoms with van der Waals surface area (Å²) >= 11 is 1.88. The van der Waals surface area contributed by atoms with Crippen molar-refractivity contribution in [3.63, 3.8) is 0 Å². The SMILES string of the molecule is N[C@@H](Cc1c[nH]c2ccccc12)C(=O)NC1CCSC1. The zero-order valence-electron chi connectivity index (χ0n) is 11.3. The number of aromatic nitrogens is 1. The molecule has 1 amide bonds. The molecule has 5 heteroatoms. The Kier molecular flexibility index (Phi) is 3.98. The smallest absolute Gasteiger partial charge is 0.237 e. The Morgan fingerprint density at radius 3 is 3.15 bits per heavy atom. The Hall–Kier alpha value is -1.46. The number of thioether (sulfide) groups is 1. The second-order valence-electron chi connectivity index (χ2n) is 5.24. The molecule has 1 saturated heterocycles. The van der Waals surface area contributed by atoms with Gasteiger partial charge in [-0.3, -0.25) is 4.79 Å². The molecule has 0 aliphatic carbocycles. The number of para-hydroxylation sites is 1. The third-order valence-corrected chi connectivity index (χ3v) is 4.89. The molecule has 1 aliphatic rings. The lowest BCUT2D eigenvalue weighted by Crippen LogP contribution is -2.46. The van der Waals surface area contributed by atoms with Crippen LogP contribution in [-0.2, 0) is 11.2 Å². The highest BCUT2D eigenvalue weighted by Gasteiger charge is 2.22. The van der Waals surface area contributed by atoms with Crippen molar-refractivity contribution in [2.24, 2.45) is 5.73 Å². The number of carbonyl (C=O) groups is 1. The molecule has 2 aromatic rings. The van der Waals surface area contributed by atoms with Crippen molar-refractivity contribution >= 4 is 28.6 Å². The lowest BCUT2D eigenvalue weighted by Gasteiger charge is -2.16. The van der Waals surface area contributed by atoms with Crippen LogP contribution in [0.1, 0.15) is 12.0 Å². The fourth-order valence-corrected chi connectivity index (χ4v) is 3.74. The third-order valence-electron chi connectivity index (χ3n) is 3.73. The summed E-state index contributed by atoms with van der Waals surface area (Å²) in [7, 11) is 0.